The lowest BCUT2D eigenvalue weighted by Gasteiger charge is -2.38. The Morgan fingerprint density at radius 2 is 1.90 bits per heavy atom. The molecule has 0 saturated carbocycles. The third-order valence-corrected chi connectivity index (χ3v) is 7.18. The molecular formula is C22H29N5O2S. The van der Waals surface area contributed by atoms with Crippen LogP contribution in [0.15, 0.2) is 23.2 Å². The highest BCUT2D eigenvalue weighted by molar-refractivity contribution is 7.90. The quantitative estimate of drug-likeness (QED) is 0.632. The fourth-order valence-corrected chi connectivity index (χ4v) is 5.32. The lowest BCUT2D eigenvalue weighted by Crippen LogP contribution is -2.42. The fourth-order valence-electron chi connectivity index (χ4n) is 4.32. The SMILES string of the molecule is CCc1cc2nc3n(c2cc1S(C)(=O)=O)CCN(c1ncc(C)c(C)n1)[C@@H]3C(C)C. The fraction of sp³-hybridized carbons (Fsp3) is 0.500. The minimum absolute atomic E-state index is 0.0139. The van der Waals surface area contributed by atoms with E-state index in [1.54, 1.807) is 6.07 Å². The van der Waals surface area contributed by atoms with Gasteiger partial charge in [0.2, 0.25) is 5.95 Å². The second kappa shape index (κ2) is 7.34. The molecule has 7 nitrogen and oxygen atoms in total. The summed E-state index contributed by atoms with van der Waals surface area (Å²) < 4.78 is 26.9. The zero-order valence-corrected chi connectivity index (χ0v) is 19.3. The summed E-state index contributed by atoms with van der Waals surface area (Å²) in [5, 5.41) is 0. The largest absolute Gasteiger partial charge is 0.329 e. The molecule has 0 aliphatic carbocycles. The Kier molecular flexibility index (Phi) is 5.08. The van der Waals surface area contributed by atoms with E-state index in [0.717, 1.165) is 46.2 Å². The van der Waals surface area contributed by atoms with Gasteiger partial charge in [0.1, 0.15) is 5.82 Å². The number of anilines is 1. The number of fused-ring (bicyclic) bond motifs is 3. The predicted octanol–water partition coefficient (Wildman–Crippen LogP) is 3.63. The molecule has 4 rings (SSSR count). The van der Waals surface area contributed by atoms with Crippen LogP contribution in [-0.4, -0.2) is 40.7 Å². The van der Waals surface area contributed by atoms with Gasteiger partial charge in [-0.05, 0) is 49.4 Å². The average molecular weight is 428 g/mol. The number of aryl methyl sites for hydroxylation is 3. The number of nitrogens with zero attached hydrogens (tertiary/aromatic N) is 5. The van der Waals surface area contributed by atoms with Crippen molar-refractivity contribution in [2.45, 2.75) is 58.5 Å². The molecule has 0 radical (unpaired) electrons. The van der Waals surface area contributed by atoms with E-state index in [4.69, 9.17) is 9.97 Å². The summed E-state index contributed by atoms with van der Waals surface area (Å²) in [6.45, 7) is 11.8. The summed E-state index contributed by atoms with van der Waals surface area (Å²) in [5.74, 6) is 1.95. The van der Waals surface area contributed by atoms with Crippen molar-refractivity contribution < 1.29 is 8.42 Å². The number of imidazole rings is 1. The van der Waals surface area contributed by atoms with E-state index >= 15 is 0 Å². The number of rotatable bonds is 4. The molecule has 0 saturated heterocycles. The van der Waals surface area contributed by atoms with Gasteiger partial charge in [-0.25, -0.2) is 23.4 Å². The molecule has 3 heterocycles. The van der Waals surface area contributed by atoms with Crippen LogP contribution in [0.2, 0.25) is 0 Å². The molecule has 2 aromatic heterocycles. The Balaban J connectivity index is 1.89. The normalized spacial score (nSPS) is 17.0. The first-order valence-corrected chi connectivity index (χ1v) is 12.3. The standard InChI is InChI=1S/C22H29N5O2S/c1-7-16-10-17-18(11-19(16)30(6,28)29)26-8-9-27(20(13(2)3)21(26)25-17)22-23-12-14(4)15(5)24-22/h10-13,20H,7-9H2,1-6H3/t20-/m1/s1. The summed E-state index contributed by atoms with van der Waals surface area (Å²) in [6.07, 6.45) is 3.80. The van der Waals surface area contributed by atoms with Gasteiger partial charge in [-0.15, -0.1) is 0 Å². The van der Waals surface area contributed by atoms with Crippen molar-refractivity contribution in [3.63, 3.8) is 0 Å². The number of hydrogen-bond donors (Lipinski definition) is 0. The number of hydrogen-bond acceptors (Lipinski definition) is 6. The van der Waals surface area contributed by atoms with Crippen LogP contribution in [0.5, 0.6) is 0 Å². The summed E-state index contributed by atoms with van der Waals surface area (Å²) in [6, 6.07) is 3.75. The molecule has 30 heavy (non-hydrogen) atoms. The Hall–Kier alpha value is -2.48. The van der Waals surface area contributed by atoms with Crippen molar-refractivity contribution in [3.8, 4) is 0 Å². The molecule has 0 fully saturated rings. The third-order valence-electron chi connectivity index (χ3n) is 6.01. The van der Waals surface area contributed by atoms with E-state index < -0.39 is 9.84 Å². The van der Waals surface area contributed by atoms with Crippen LogP contribution in [0.1, 0.15) is 49.5 Å². The highest BCUT2D eigenvalue weighted by Crippen LogP contribution is 2.37. The van der Waals surface area contributed by atoms with Gasteiger partial charge in [0.05, 0.1) is 22.0 Å². The molecule has 0 N–H and O–H groups in total. The van der Waals surface area contributed by atoms with Crippen LogP contribution in [0.4, 0.5) is 5.95 Å². The van der Waals surface area contributed by atoms with Gasteiger partial charge in [-0.1, -0.05) is 20.8 Å². The van der Waals surface area contributed by atoms with Gasteiger partial charge in [-0.2, -0.15) is 0 Å². The first-order chi connectivity index (χ1) is 14.1. The van der Waals surface area contributed by atoms with Gasteiger partial charge in [0.15, 0.2) is 9.84 Å². The van der Waals surface area contributed by atoms with E-state index in [1.165, 1.54) is 6.26 Å². The van der Waals surface area contributed by atoms with Crippen molar-refractivity contribution in [3.05, 3.63) is 41.0 Å². The van der Waals surface area contributed by atoms with Gasteiger partial charge in [0.25, 0.3) is 0 Å². The monoisotopic (exact) mass is 427 g/mol. The van der Waals surface area contributed by atoms with Crippen LogP contribution in [0, 0.1) is 19.8 Å². The van der Waals surface area contributed by atoms with Crippen LogP contribution >= 0.6 is 0 Å². The first kappa shape index (κ1) is 20.8. The molecule has 1 aromatic carbocycles. The highest BCUT2D eigenvalue weighted by atomic mass is 32.2. The number of aromatic nitrogens is 4. The second-order valence-corrected chi connectivity index (χ2v) is 10.5. The predicted molar refractivity (Wildman–Crippen MR) is 119 cm³/mol. The molecule has 1 atom stereocenters. The topological polar surface area (TPSA) is 81.0 Å². The van der Waals surface area contributed by atoms with Crippen molar-refractivity contribution in [1.29, 1.82) is 0 Å². The molecule has 1 aliphatic heterocycles. The van der Waals surface area contributed by atoms with E-state index in [-0.39, 0.29) is 12.0 Å². The molecule has 3 aromatic rings. The second-order valence-electron chi connectivity index (χ2n) is 8.52. The third kappa shape index (κ3) is 3.37. The van der Waals surface area contributed by atoms with Crippen LogP contribution in [0.3, 0.4) is 0 Å². The van der Waals surface area contributed by atoms with E-state index in [0.29, 0.717) is 17.9 Å². The van der Waals surface area contributed by atoms with Crippen molar-refractivity contribution in [2.75, 3.05) is 17.7 Å². The molecule has 160 valence electrons. The molecule has 8 heteroatoms. The van der Waals surface area contributed by atoms with E-state index in [1.807, 2.05) is 33.0 Å². The van der Waals surface area contributed by atoms with Gasteiger partial charge >= 0.3 is 0 Å². The van der Waals surface area contributed by atoms with Crippen molar-refractivity contribution in [2.24, 2.45) is 5.92 Å². The minimum Gasteiger partial charge on any atom is -0.329 e. The number of sulfone groups is 1. The maximum atomic E-state index is 12.4. The molecule has 0 amide bonds. The first-order valence-electron chi connectivity index (χ1n) is 10.4. The Morgan fingerprint density at radius 3 is 2.50 bits per heavy atom. The van der Waals surface area contributed by atoms with Crippen LogP contribution in [-0.2, 0) is 22.8 Å². The van der Waals surface area contributed by atoms with E-state index in [2.05, 4.69) is 28.3 Å². The van der Waals surface area contributed by atoms with E-state index in [9.17, 15) is 8.42 Å². The molecular weight excluding hydrogens is 398 g/mol. The summed E-state index contributed by atoms with van der Waals surface area (Å²) in [7, 11) is -3.31. The summed E-state index contributed by atoms with van der Waals surface area (Å²) in [4.78, 5) is 16.9. The smallest absolute Gasteiger partial charge is 0.226 e. The molecule has 0 spiro atoms. The molecule has 0 unspecified atom stereocenters. The summed E-state index contributed by atoms with van der Waals surface area (Å²) in [5.41, 5.74) is 4.60. The maximum absolute atomic E-state index is 12.4. The molecule has 0 bridgehead atoms. The van der Waals surface area contributed by atoms with Gasteiger partial charge in [-0.3, -0.25) is 0 Å². The van der Waals surface area contributed by atoms with Crippen LogP contribution < -0.4 is 4.90 Å². The lowest BCUT2D eigenvalue weighted by atomic mass is 10.00. The summed E-state index contributed by atoms with van der Waals surface area (Å²) >= 11 is 0. The van der Waals surface area contributed by atoms with Crippen molar-refractivity contribution >= 4 is 26.8 Å². The Bertz CT molecular complexity index is 1230. The van der Waals surface area contributed by atoms with Crippen LogP contribution in [0.25, 0.3) is 11.0 Å². The lowest BCUT2D eigenvalue weighted by molar-refractivity contribution is 0.387. The number of benzene rings is 1. The average Bonchev–Trinajstić information content (AvgIpc) is 3.04. The Labute approximate surface area is 178 Å². The van der Waals surface area contributed by atoms with Gasteiger partial charge < -0.3 is 9.47 Å². The Morgan fingerprint density at radius 1 is 1.17 bits per heavy atom. The van der Waals surface area contributed by atoms with Gasteiger partial charge in [0, 0.05) is 31.2 Å². The minimum atomic E-state index is -3.31. The maximum Gasteiger partial charge on any atom is 0.226 e. The molecule has 1 aliphatic rings. The van der Waals surface area contributed by atoms with Crippen molar-refractivity contribution in [1.82, 2.24) is 19.5 Å². The zero-order valence-electron chi connectivity index (χ0n) is 18.5. The highest BCUT2D eigenvalue weighted by Gasteiger charge is 2.35. The zero-order chi connectivity index (χ0) is 21.8.